The smallest absolute Gasteiger partial charge is 0.272 e. The highest BCUT2D eigenvalue weighted by Gasteiger charge is 2.14. The third-order valence-electron chi connectivity index (χ3n) is 3.38. The summed E-state index contributed by atoms with van der Waals surface area (Å²) in [5.41, 5.74) is 1.74. The lowest BCUT2D eigenvalue weighted by molar-refractivity contribution is -0.385. The zero-order valence-corrected chi connectivity index (χ0v) is 12.4. The van der Waals surface area contributed by atoms with Gasteiger partial charge in [0.15, 0.2) is 5.82 Å². The van der Waals surface area contributed by atoms with E-state index in [4.69, 9.17) is 0 Å². The van der Waals surface area contributed by atoms with Crippen molar-refractivity contribution < 1.29 is 4.92 Å². The second-order valence-corrected chi connectivity index (χ2v) is 5.06. The molecule has 1 aromatic carbocycles. The van der Waals surface area contributed by atoms with Crippen molar-refractivity contribution in [3.05, 3.63) is 51.6 Å². The quantitative estimate of drug-likeness (QED) is 0.648. The average molecular weight is 289 g/mol. The van der Waals surface area contributed by atoms with E-state index in [9.17, 15) is 10.1 Å². The maximum atomic E-state index is 11.0. The van der Waals surface area contributed by atoms with E-state index >= 15 is 0 Å². The molecule has 1 N–H and O–H groups in total. The molecule has 7 nitrogen and oxygen atoms in total. The average Bonchev–Trinajstić information content (AvgIpc) is 2.84. The maximum absolute atomic E-state index is 11.0. The number of nitro benzene ring substituents is 1. The Balaban J connectivity index is 1.95. The van der Waals surface area contributed by atoms with Crippen molar-refractivity contribution in [3.63, 3.8) is 0 Å². The molecule has 0 saturated carbocycles. The van der Waals surface area contributed by atoms with E-state index < -0.39 is 0 Å². The number of nitrogens with one attached hydrogen (secondary N) is 1. The molecule has 7 heteroatoms. The molecular weight excluding hydrogens is 270 g/mol. The monoisotopic (exact) mass is 289 g/mol. The van der Waals surface area contributed by atoms with Gasteiger partial charge < -0.3 is 5.32 Å². The fraction of sp³-hybridized carbons (Fsp3) is 0.429. The van der Waals surface area contributed by atoms with Crippen LogP contribution in [-0.2, 0) is 13.5 Å². The van der Waals surface area contributed by atoms with Crippen LogP contribution in [0.5, 0.6) is 0 Å². The topological polar surface area (TPSA) is 85.9 Å². The first kappa shape index (κ1) is 15.1. The van der Waals surface area contributed by atoms with Crippen LogP contribution in [0.3, 0.4) is 0 Å². The summed E-state index contributed by atoms with van der Waals surface area (Å²) in [6.07, 6.45) is 2.39. The molecule has 1 unspecified atom stereocenters. The van der Waals surface area contributed by atoms with Crippen LogP contribution in [-0.4, -0.2) is 26.2 Å². The number of aryl methyl sites for hydroxylation is 2. The lowest BCUT2D eigenvalue weighted by atomic mass is 10.0. The van der Waals surface area contributed by atoms with Crippen molar-refractivity contribution in [3.8, 4) is 0 Å². The van der Waals surface area contributed by atoms with Crippen molar-refractivity contribution in [2.75, 3.05) is 6.54 Å². The second-order valence-electron chi connectivity index (χ2n) is 5.06. The predicted molar refractivity (Wildman–Crippen MR) is 79.0 cm³/mol. The van der Waals surface area contributed by atoms with Gasteiger partial charge in [0.1, 0.15) is 6.33 Å². The molecule has 21 heavy (non-hydrogen) atoms. The van der Waals surface area contributed by atoms with Crippen LogP contribution >= 0.6 is 0 Å². The van der Waals surface area contributed by atoms with Crippen LogP contribution in [0.15, 0.2) is 24.5 Å². The summed E-state index contributed by atoms with van der Waals surface area (Å²) in [6, 6.07) is 5.37. The van der Waals surface area contributed by atoms with Gasteiger partial charge >= 0.3 is 0 Å². The van der Waals surface area contributed by atoms with E-state index in [-0.39, 0.29) is 16.7 Å². The van der Waals surface area contributed by atoms with Gasteiger partial charge in [-0.2, -0.15) is 5.10 Å². The number of aromatic nitrogens is 3. The molecule has 0 radical (unpaired) electrons. The van der Waals surface area contributed by atoms with Crippen molar-refractivity contribution in [1.82, 2.24) is 20.1 Å². The van der Waals surface area contributed by atoms with Crippen LogP contribution in [0.2, 0.25) is 0 Å². The van der Waals surface area contributed by atoms with E-state index in [1.54, 1.807) is 30.1 Å². The first-order chi connectivity index (χ1) is 9.97. The Morgan fingerprint density at radius 1 is 1.48 bits per heavy atom. The largest absolute Gasteiger partial charge is 0.310 e. The molecule has 1 heterocycles. The van der Waals surface area contributed by atoms with Gasteiger partial charge in [-0.3, -0.25) is 14.8 Å². The Hall–Kier alpha value is -2.28. The third-order valence-corrected chi connectivity index (χ3v) is 3.38. The summed E-state index contributed by atoms with van der Waals surface area (Å²) in [7, 11) is 1.83. The van der Waals surface area contributed by atoms with Gasteiger partial charge in [-0.1, -0.05) is 12.1 Å². The minimum atomic E-state index is -0.344. The lowest BCUT2D eigenvalue weighted by Gasteiger charge is -2.14. The van der Waals surface area contributed by atoms with Crippen molar-refractivity contribution >= 4 is 5.69 Å². The van der Waals surface area contributed by atoms with Crippen LogP contribution < -0.4 is 5.32 Å². The fourth-order valence-corrected chi connectivity index (χ4v) is 2.11. The molecule has 1 atom stereocenters. The Bertz CT molecular complexity index is 638. The highest BCUT2D eigenvalue weighted by molar-refractivity contribution is 5.43. The number of rotatable bonds is 6. The van der Waals surface area contributed by atoms with E-state index in [0.29, 0.717) is 12.1 Å². The van der Waals surface area contributed by atoms with Gasteiger partial charge in [-0.05, 0) is 19.4 Å². The fourth-order valence-electron chi connectivity index (χ4n) is 2.11. The summed E-state index contributed by atoms with van der Waals surface area (Å²) >= 11 is 0. The number of nitrogens with zero attached hydrogens (tertiary/aromatic N) is 4. The molecule has 0 fully saturated rings. The van der Waals surface area contributed by atoms with E-state index in [2.05, 4.69) is 15.4 Å². The molecule has 0 aliphatic heterocycles. The Morgan fingerprint density at radius 2 is 2.24 bits per heavy atom. The highest BCUT2D eigenvalue weighted by atomic mass is 16.6. The molecule has 2 aromatic rings. The number of hydrogen-bond donors (Lipinski definition) is 1. The van der Waals surface area contributed by atoms with Gasteiger partial charge in [-0.25, -0.2) is 4.98 Å². The van der Waals surface area contributed by atoms with Crippen LogP contribution in [0, 0.1) is 17.0 Å². The minimum absolute atomic E-state index is 0.0352. The molecule has 0 bridgehead atoms. The Morgan fingerprint density at radius 3 is 2.86 bits per heavy atom. The zero-order valence-electron chi connectivity index (χ0n) is 12.4. The number of benzene rings is 1. The van der Waals surface area contributed by atoms with Crippen LogP contribution in [0.1, 0.15) is 29.9 Å². The molecule has 0 spiro atoms. The lowest BCUT2D eigenvalue weighted by Crippen LogP contribution is -2.22. The number of nitro groups is 1. The summed E-state index contributed by atoms with van der Waals surface area (Å²) in [5, 5.41) is 18.5. The summed E-state index contributed by atoms with van der Waals surface area (Å²) < 4.78 is 1.67. The molecule has 0 saturated heterocycles. The van der Waals surface area contributed by atoms with E-state index in [1.165, 1.54) is 0 Å². The first-order valence-electron chi connectivity index (χ1n) is 6.80. The second kappa shape index (κ2) is 6.45. The van der Waals surface area contributed by atoms with Gasteiger partial charge in [0.05, 0.1) is 4.92 Å². The molecule has 0 aliphatic rings. The number of hydrogen-bond acceptors (Lipinski definition) is 5. The molecular formula is C14H19N5O2. The minimum Gasteiger partial charge on any atom is -0.310 e. The molecule has 1 aromatic heterocycles. The standard InChI is InChI=1S/C14H19N5O2/c1-10-4-5-12(8-13(10)19(20)21)11(2)15-7-6-14-16-9-18(3)17-14/h4-5,8-9,11,15H,6-7H2,1-3H3. The van der Waals surface area contributed by atoms with Gasteiger partial charge in [-0.15, -0.1) is 0 Å². The summed E-state index contributed by atoms with van der Waals surface area (Å²) in [4.78, 5) is 14.8. The maximum Gasteiger partial charge on any atom is 0.272 e. The SMILES string of the molecule is Cc1ccc(C(C)NCCc2ncn(C)n2)cc1[N+](=O)[O-]. The van der Waals surface area contributed by atoms with Crippen molar-refractivity contribution in [2.45, 2.75) is 26.3 Å². The Labute approximate surface area is 123 Å². The van der Waals surface area contributed by atoms with Crippen molar-refractivity contribution in [1.29, 1.82) is 0 Å². The van der Waals surface area contributed by atoms with Gasteiger partial charge in [0.2, 0.25) is 0 Å². The normalized spacial score (nSPS) is 12.3. The highest BCUT2D eigenvalue weighted by Crippen LogP contribution is 2.23. The van der Waals surface area contributed by atoms with Gasteiger partial charge in [0, 0.05) is 37.7 Å². The third kappa shape index (κ3) is 3.85. The van der Waals surface area contributed by atoms with Crippen LogP contribution in [0.25, 0.3) is 0 Å². The molecule has 0 aliphatic carbocycles. The van der Waals surface area contributed by atoms with E-state index in [0.717, 1.165) is 17.8 Å². The summed E-state index contributed by atoms with van der Waals surface area (Å²) in [5.74, 6) is 0.784. The predicted octanol–water partition coefficient (Wildman–Crippen LogP) is 1.93. The zero-order chi connectivity index (χ0) is 15.4. The summed E-state index contributed by atoms with van der Waals surface area (Å²) in [6.45, 7) is 4.44. The molecule has 112 valence electrons. The Kier molecular flexibility index (Phi) is 4.64. The first-order valence-corrected chi connectivity index (χ1v) is 6.80. The van der Waals surface area contributed by atoms with Gasteiger partial charge in [0.25, 0.3) is 5.69 Å². The molecule has 0 amide bonds. The van der Waals surface area contributed by atoms with Crippen LogP contribution in [0.4, 0.5) is 5.69 Å². The van der Waals surface area contributed by atoms with E-state index in [1.807, 2.05) is 20.0 Å². The van der Waals surface area contributed by atoms with Crippen molar-refractivity contribution in [2.24, 2.45) is 7.05 Å². The molecule has 2 rings (SSSR count).